The van der Waals surface area contributed by atoms with E-state index in [1.54, 1.807) is 11.0 Å². The third-order valence-electron chi connectivity index (χ3n) is 4.05. The average Bonchev–Trinajstić information content (AvgIpc) is 3.04. The molecular formula is C19H20ClN3O2. The standard InChI is InChI=1S/C19H20ClN3O2/c20-17-6-2-1-5-15(17)13-23(11-12-24)19(25)9-8-16-14-22-10-4-3-7-18(22)21-16/h1-7,10,14,24H,8-9,11-13H2. The van der Waals surface area contributed by atoms with Crippen molar-refractivity contribution in [2.75, 3.05) is 13.2 Å². The number of amides is 1. The summed E-state index contributed by atoms with van der Waals surface area (Å²) < 4.78 is 1.94. The predicted molar refractivity (Wildman–Crippen MR) is 97.5 cm³/mol. The van der Waals surface area contributed by atoms with Crippen LogP contribution in [0.4, 0.5) is 0 Å². The molecule has 1 aromatic carbocycles. The van der Waals surface area contributed by atoms with Gasteiger partial charge in [0.15, 0.2) is 0 Å². The van der Waals surface area contributed by atoms with Crippen LogP contribution in [0.5, 0.6) is 0 Å². The maximum atomic E-state index is 12.6. The Hall–Kier alpha value is -2.37. The van der Waals surface area contributed by atoms with Gasteiger partial charge in [0.1, 0.15) is 5.65 Å². The first-order valence-electron chi connectivity index (χ1n) is 8.22. The number of halogens is 1. The lowest BCUT2D eigenvalue weighted by molar-refractivity contribution is -0.132. The maximum Gasteiger partial charge on any atom is 0.223 e. The van der Waals surface area contributed by atoms with Gasteiger partial charge < -0.3 is 14.4 Å². The number of imidazole rings is 1. The quantitative estimate of drug-likeness (QED) is 0.707. The second-order valence-electron chi connectivity index (χ2n) is 5.83. The number of nitrogens with zero attached hydrogens (tertiary/aromatic N) is 3. The van der Waals surface area contributed by atoms with Crippen molar-refractivity contribution in [2.45, 2.75) is 19.4 Å². The Bertz CT molecular complexity index is 830. The van der Waals surface area contributed by atoms with Crippen molar-refractivity contribution in [3.63, 3.8) is 0 Å². The van der Waals surface area contributed by atoms with Gasteiger partial charge in [0.2, 0.25) is 5.91 Å². The molecule has 3 rings (SSSR count). The van der Waals surface area contributed by atoms with Crippen LogP contribution in [-0.2, 0) is 17.8 Å². The van der Waals surface area contributed by atoms with Crippen molar-refractivity contribution < 1.29 is 9.90 Å². The summed E-state index contributed by atoms with van der Waals surface area (Å²) in [7, 11) is 0. The molecule has 5 nitrogen and oxygen atoms in total. The monoisotopic (exact) mass is 357 g/mol. The summed E-state index contributed by atoms with van der Waals surface area (Å²) in [6.45, 7) is 0.601. The number of aryl methyl sites for hydroxylation is 1. The van der Waals surface area contributed by atoms with Crippen molar-refractivity contribution >= 4 is 23.2 Å². The Morgan fingerprint density at radius 2 is 2.00 bits per heavy atom. The Morgan fingerprint density at radius 3 is 2.76 bits per heavy atom. The Labute approximate surface area is 151 Å². The van der Waals surface area contributed by atoms with Gasteiger partial charge in [-0.05, 0) is 30.2 Å². The molecule has 0 saturated carbocycles. The number of hydrogen-bond acceptors (Lipinski definition) is 3. The predicted octanol–water partition coefficient (Wildman–Crippen LogP) is 2.94. The number of aromatic nitrogens is 2. The summed E-state index contributed by atoms with van der Waals surface area (Å²) in [4.78, 5) is 18.7. The van der Waals surface area contributed by atoms with Gasteiger partial charge in [-0.1, -0.05) is 35.9 Å². The number of aliphatic hydroxyl groups excluding tert-OH is 1. The fraction of sp³-hybridized carbons (Fsp3) is 0.263. The van der Waals surface area contributed by atoms with E-state index in [-0.39, 0.29) is 19.1 Å². The van der Waals surface area contributed by atoms with E-state index in [0.717, 1.165) is 16.9 Å². The maximum absolute atomic E-state index is 12.6. The lowest BCUT2D eigenvalue weighted by atomic mass is 10.2. The molecule has 1 N–H and O–H groups in total. The molecule has 0 unspecified atom stereocenters. The molecule has 130 valence electrons. The number of hydrogen-bond donors (Lipinski definition) is 1. The first kappa shape index (κ1) is 17.5. The van der Waals surface area contributed by atoms with Gasteiger partial charge >= 0.3 is 0 Å². The fourth-order valence-corrected chi connectivity index (χ4v) is 2.94. The summed E-state index contributed by atoms with van der Waals surface area (Å²) >= 11 is 6.18. The van der Waals surface area contributed by atoms with Gasteiger partial charge in [0.05, 0.1) is 12.3 Å². The summed E-state index contributed by atoms with van der Waals surface area (Å²) in [6.07, 6.45) is 4.77. The van der Waals surface area contributed by atoms with E-state index in [1.807, 2.05) is 53.2 Å². The minimum absolute atomic E-state index is 0.0222. The van der Waals surface area contributed by atoms with E-state index in [9.17, 15) is 9.90 Å². The Kier molecular flexibility index (Phi) is 5.68. The van der Waals surface area contributed by atoms with Gasteiger partial charge in [0, 0.05) is 36.9 Å². The SMILES string of the molecule is O=C(CCc1cn2ccccc2n1)N(CCO)Cc1ccccc1Cl. The highest BCUT2D eigenvalue weighted by Crippen LogP contribution is 2.18. The highest BCUT2D eigenvalue weighted by Gasteiger charge is 2.15. The third-order valence-corrected chi connectivity index (χ3v) is 4.42. The van der Waals surface area contributed by atoms with E-state index in [1.165, 1.54) is 0 Å². The molecule has 2 heterocycles. The minimum atomic E-state index is -0.0788. The van der Waals surface area contributed by atoms with E-state index < -0.39 is 0 Å². The van der Waals surface area contributed by atoms with Crippen LogP contribution in [0.3, 0.4) is 0 Å². The van der Waals surface area contributed by atoms with Crippen LogP contribution in [0.1, 0.15) is 17.7 Å². The molecular weight excluding hydrogens is 338 g/mol. The molecule has 0 saturated heterocycles. The van der Waals surface area contributed by atoms with Crippen LogP contribution in [-0.4, -0.2) is 38.4 Å². The number of carbonyl (C=O) groups is 1. The van der Waals surface area contributed by atoms with Gasteiger partial charge in [0.25, 0.3) is 0 Å². The zero-order valence-corrected chi connectivity index (χ0v) is 14.6. The van der Waals surface area contributed by atoms with Crippen LogP contribution >= 0.6 is 11.6 Å². The lowest BCUT2D eigenvalue weighted by Gasteiger charge is -2.22. The molecule has 3 aromatic rings. The van der Waals surface area contributed by atoms with Crippen LogP contribution in [0.2, 0.25) is 5.02 Å². The van der Waals surface area contributed by atoms with Crippen LogP contribution in [0.15, 0.2) is 54.9 Å². The third kappa shape index (κ3) is 4.38. The van der Waals surface area contributed by atoms with E-state index in [4.69, 9.17) is 11.6 Å². The van der Waals surface area contributed by atoms with Gasteiger partial charge in [-0.2, -0.15) is 0 Å². The Morgan fingerprint density at radius 1 is 1.20 bits per heavy atom. The first-order valence-corrected chi connectivity index (χ1v) is 8.60. The molecule has 25 heavy (non-hydrogen) atoms. The number of benzene rings is 1. The van der Waals surface area contributed by atoms with Crippen molar-refractivity contribution in [2.24, 2.45) is 0 Å². The van der Waals surface area contributed by atoms with E-state index in [0.29, 0.717) is 24.4 Å². The second-order valence-corrected chi connectivity index (χ2v) is 6.24. The van der Waals surface area contributed by atoms with Crippen molar-refractivity contribution in [3.05, 3.63) is 71.1 Å². The molecule has 0 aliphatic rings. The molecule has 0 spiro atoms. The van der Waals surface area contributed by atoms with Crippen molar-refractivity contribution in [3.8, 4) is 0 Å². The topological polar surface area (TPSA) is 57.8 Å². The minimum Gasteiger partial charge on any atom is -0.395 e. The molecule has 0 aliphatic heterocycles. The van der Waals surface area contributed by atoms with Crippen molar-refractivity contribution in [1.82, 2.24) is 14.3 Å². The highest BCUT2D eigenvalue weighted by atomic mass is 35.5. The fourth-order valence-electron chi connectivity index (χ4n) is 2.75. The van der Waals surface area contributed by atoms with Crippen LogP contribution in [0, 0.1) is 0 Å². The molecule has 6 heteroatoms. The summed E-state index contributed by atoms with van der Waals surface area (Å²) in [5.41, 5.74) is 2.62. The van der Waals surface area contributed by atoms with Gasteiger partial charge in [-0.15, -0.1) is 0 Å². The van der Waals surface area contributed by atoms with E-state index in [2.05, 4.69) is 4.98 Å². The summed E-state index contributed by atoms with van der Waals surface area (Å²) in [6, 6.07) is 13.2. The van der Waals surface area contributed by atoms with Crippen LogP contribution in [0.25, 0.3) is 5.65 Å². The van der Waals surface area contributed by atoms with Crippen molar-refractivity contribution in [1.29, 1.82) is 0 Å². The van der Waals surface area contributed by atoms with E-state index >= 15 is 0 Å². The molecule has 0 atom stereocenters. The number of fused-ring (bicyclic) bond motifs is 1. The highest BCUT2D eigenvalue weighted by molar-refractivity contribution is 6.31. The molecule has 0 bridgehead atoms. The molecule has 2 aromatic heterocycles. The molecule has 1 amide bonds. The Balaban J connectivity index is 1.65. The molecule has 0 radical (unpaired) electrons. The van der Waals surface area contributed by atoms with Gasteiger partial charge in [-0.25, -0.2) is 4.98 Å². The van der Waals surface area contributed by atoms with Crippen LogP contribution < -0.4 is 0 Å². The van der Waals surface area contributed by atoms with Gasteiger partial charge in [-0.3, -0.25) is 4.79 Å². The lowest BCUT2D eigenvalue weighted by Crippen LogP contribution is -2.33. The zero-order chi connectivity index (χ0) is 17.6. The number of carbonyl (C=O) groups excluding carboxylic acids is 1. The first-order chi connectivity index (χ1) is 12.2. The number of pyridine rings is 1. The average molecular weight is 358 g/mol. The largest absolute Gasteiger partial charge is 0.395 e. The molecule has 0 fully saturated rings. The summed E-state index contributed by atoms with van der Waals surface area (Å²) in [5.74, 6) is -0.0222. The zero-order valence-electron chi connectivity index (χ0n) is 13.8. The normalized spacial score (nSPS) is 11.0. The second kappa shape index (κ2) is 8.14. The smallest absolute Gasteiger partial charge is 0.223 e. The summed E-state index contributed by atoms with van der Waals surface area (Å²) in [5, 5.41) is 9.89. The number of aliphatic hydroxyl groups is 1. The number of rotatable bonds is 7. The molecule has 0 aliphatic carbocycles.